The first-order chi connectivity index (χ1) is 8.02. The van der Waals surface area contributed by atoms with Crippen molar-refractivity contribution in [3.05, 3.63) is 18.1 Å². The lowest BCUT2D eigenvalue weighted by Crippen LogP contribution is -2.41. The standard InChI is InChI=1S/C11H17N5O/c1-4-11(3,12)6-17-9-5-8(2)15-10-13-7-14-16(9)10/h5,7H,4,6,12H2,1-3H3. The minimum atomic E-state index is -0.343. The van der Waals surface area contributed by atoms with E-state index < -0.39 is 0 Å². The van der Waals surface area contributed by atoms with Crippen LogP contribution in [0, 0.1) is 6.92 Å². The number of hydrogen-bond acceptors (Lipinski definition) is 5. The molecule has 1 unspecified atom stereocenters. The van der Waals surface area contributed by atoms with Gasteiger partial charge in [-0.25, -0.2) is 4.98 Å². The van der Waals surface area contributed by atoms with E-state index in [1.165, 1.54) is 6.33 Å². The molecule has 0 bridgehead atoms. The van der Waals surface area contributed by atoms with Gasteiger partial charge in [-0.1, -0.05) is 6.92 Å². The van der Waals surface area contributed by atoms with E-state index in [0.717, 1.165) is 12.1 Å². The van der Waals surface area contributed by atoms with Gasteiger partial charge in [-0.15, -0.1) is 0 Å². The first kappa shape index (κ1) is 11.8. The van der Waals surface area contributed by atoms with Gasteiger partial charge < -0.3 is 10.5 Å². The van der Waals surface area contributed by atoms with Crippen molar-refractivity contribution in [2.45, 2.75) is 32.7 Å². The average molecular weight is 235 g/mol. The van der Waals surface area contributed by atoms with E-state index in [1.54, 1.807) is 4.52 Å². The smallest absolute Gasteiger partial charge is 0.255 e. The van der Waals surface area contributed by atoms with Crippen LogP contribution in [0.3, 0.4) is 0 Å². The maximum atomic E-state index is 6.04. The molecule has 0 aromatic carbocycles. The van der Waals surface area contributed by atoms with E-state index in [4.69, 9.17) is 10.5 Å². The largest absolute Gasteiger partial charge is 0.476 e. The third-order valence-corrected chi connectivity index (χ3v) is 2.70. The SMILES string of the molecule is CCC(C)(N)COc1cc(C)nc2ncnn12. The van der Waals surface area contributed by atoms with Crippen LogP contribution < -0.4 is 10.5 Å². The predicted molar refractivity (Wildman–Crippen MR) is 63.9 cm³/mol. The van der Waals surface area contributed by atoms with Crippen LogP contribution in [0.15, 0.2) is 12.4 Å². The third-order valence-electron chi connectivity index (χ3n) is 2.70. The summed E-state index contributed by atoms with van der Waals surface area (Å²) in [4.78, 5) is 8.27. The van der Waals surface area contributed by atoms with Crippen LogP contribution in [0.25, 0.3) is 5.78 Å². The number of aryl methyl sites for hydroxylation is 1. The Labute approximate surface area is 99.8 Å². The number of fused-ring (bicyclic) bond motifs is 1. The average Bonchev–Trinajstić information content (AvgIpc) is 2.73. The summed E-state index contributed by atoms with van der Waals surface area (Å²) in [5.74, 6) is 1.16. The zero-order valence-corrected chi connectivity index (χ0v) is 10.3. The van der Waals surface area contributed by atoms with Gasteiger partial charge in [0.1, 0.15) is 12.9 Å². The number of aromatic nitrogens is 4. The molecule has 2 aromatic heterocycles. The first-order valence-electron chi connectivity index (χ1n) is 5.61. The Bertz CT molecular complexity index is 520. The zero-order valence-electron chi connectivity index (χ0n) is 10.3. The molecule has 0 aliphatic rings. The van der Waals surface area contributed by atoms with Crippen molar-refractivity contribution in [2.24, 2.45) is 5.73 Å². The van der Waals surface area contributed by atoms with E-state index in [1.807, 2.05) is 26.8 Å². The topological polar surface area (TPSA) is 78.3 Å². The Morgan fingerprint density at radius 2 is 2.29 bits per heavy atom. The minimum Gasteiger partial charge on any atom is -0.476 e. The first-order valence-corrected chi connectivity index (χ1v) is 5.61. The van der Waals surface area contributed by atoms with Crippen molar-refractivity contribution in [3.8, 4) is 5.88 Å². The number of ether oxygens (including phenoxy) is 1. The van der Waals surface area contributed by atoms with Crippen LogP contribution in [0.4, 0.5) is 0 Å². The Morgan fingerprint density at radius 1 is 1.53 bits per heavy atom. The highest BCUT2D eigenvalue weighted by Gasteiger charge is 2.17. The molecule has 1 atom stereocenters. The molecule has 2 N–H and O–H groups in total. The molecule has 17 heavy (non-hydrogen) atoms. The summed E-state index contributed by atoms with van der Waals surface area (Å²) in [5, 5.41) is 4.06. The van der Waals surface area contributed by atoms with Crippen molar-refractivity contribution in [2.75, 3.05) is 6.61 Å². The molecule has 2 rings (SSSR count). The van der Waals surface area contributed by atoms with Crippen molar-refractivity contribution in [3.63, 3.8) is 0 Å². The predicted octanol–water partition coefficient (Wildman–Crippen LogP) is 0.939. The molecule has 0 spiro atoms. The molecule has 2 aromatic rings. The van der Waals surface area contributed by atoms with Gasteiger partial charge in [0.15, 0.2) is 0 Å². The number of rotatable bonds is 4. The highest BCUT2D eigenvalue weighted by atomic mass is 16.5. The number of nitrogens with two attached hydrogens (primary N) is 1. The summed E-state index contributed by atoms with van der Waals surface area (Å²) < 4.78 is 7.28. The molecule has 6 nitrogen and oxygen atoms in total. The van der Waals surface area contributed by atoms with Gasteiger partial charge in [0.25, 0.3) is 5.78 Å². The lowest BCUT2D eigenvalue weighted by atomic mass is 10.0. The summed E-state index contributed by atoms with van der Waals surface area (Å²) in [5.41, 5.74) is 6.54. The molecule has 0 amide bonds. The second kappa shape index (κ2) is 4.29. The van der Waals surface area contributed by atoms with Crippen molar-refractivity contribution in [1.82, 2.24) is 19.6 Å². The van der Waals surface area contributed by atoms with Crippen LogP contribution in [0.1, 0.15) is 26.0 Å². The van der Waals surface area contributed by atoms with Crippen LogP contribution in [-0.2, 0) is 0 Å². The van der Waals surface area contributed by atoms with E-state index in [0.29, 0.717) is 18.3 Å². The lowest BCUT2D eigenvalue weighted by molar-refractivity contribution is 0.214. The molecule has 6 heteroatoms. The maximum absolute atomic E-state index is 6.04. The fourth-order valence-electron chi connectivity index (χ4n) is 1.34. The highest BCUT2D eigenvalue weighted by Crippen LogP contribution is 2.15. The quantitative estimate of drug-likeness (QED) is 0.853. The van der Waals surface area contributed by atoms with E-state index >= 15 is 0 Å². The molecule has 0 radical (unpaired) electrons. The Hall–Kier alpha value is -1.69. The van der Waals surface area contributed by atoms with Gasteiger partial charge in [0.05, 0.1) is 0 Å². The van der Waals surface area contributed by atoms with E-state index in [-0.39, 0.29) is 5.54 Å². The lowest BCUT2D eigenvalue weighted by Gasteiger charge is -2.22. The van der Waals surface area contributed by atoms with Crippen LogP contribution in [-0.4, -0.2) is 31.7 Å². The Kier molecular flexibility index (Phi) is 2.97. The maximum Gasteiger partial charge on any atom is 0.255 e. The van der Waals surface area contributed by atoms with Crippen molar-refractivity contribution in [1.29, 1.82) is 0 Å². The normalized spacial score (nSPS) is 14.8. The van der Waals surface area contributed by atoms with Gasteiger partial charge in [-0.2, -0.15) is 14.6 Å². The summed E-state index contributed by atoms with van der Waals surface area (Å²) in [6, 6.07) is 1.83. The van der Waals surface area contributed by atoms with Gasteiger partial charge >= 0.3 is 0 Å². The van der Waals surface area contributed by atoms with Gasteiger partial charge in [0, 0.05) is 17.3 Å². The van der Waals surface area contributed by atoms with Crippen LogP contribution >= 0.6 is 0 Å². The van der Waals surface area contributed by atoms with Gasteiger partial charge in [-0.3, -0.25) is 0 Å². The van der Waals surface area contributed by atoms with Crippen molar-refractivity contribution >= 4 is 5.78 Å². The summed E-state index contributed by atoms with van der Waals surface area (Å²) in [6.07, 6.45) is 2.30. The molecule has 0 saturated heterocycles. The number of hydrogen-bond donors (Lipinski definition) is 1. The molecular weight excluding hydrogens is 218 g/mol. The molecule has 0 saturated carbocycles. The van der Waals surface area contributed by atoms with Gasteiger partial charge in [0.2, 0.25) is 5.88 Å². The summed E-state index contributed by atoms with van der Waals surface area (Å²) in [6.45, 7) is 6.32. The highest BCUT2D eigenvalue weighted by molar-refractivity contribution is 5.32. The zero-order chi connectivity index (χ0) is 12.5. The van der Waals surface area contributed by atoms with Crippen molar-refractivity contribution < 1.29 is 4.74 Å². The fourth-order valence-corrected chi connectivity index (χ4v) is 1.34. The molecular formula is C11H17N5O. The summed E-state index contributed by atoms with van der Waals surface area (Å²) >= 11 is 0. The number of nitrogens with zero attached hydrogens (tertiary/aromatic N) is 4. The fraction of sp³-hybridized carbons (Fsp3) is 0.545. The molecule has 0 aliphatic heterocycles. The second-order valence-electron chi connectivity index (χ2n) is 4.50. The monoisotopic (exact) mass is 235 g/mol. The second-order valence-corrected chi connectivity index (χ2v) is 4.50. The molecule has 0 aliphatic carbocycles. The van der Waals surface area contributed by atoms with Gasteiger partial charge in [-0.05, 0) is 20.3 Å². The van der Waals surface area contributed by atoms with Crippen LogP contribution in [0.5, 0.6) is 5.88 Å². The Balaban J connectivity index is 2.26. The third kappa shape index (κ3) is 2.52. The molecule has 0 fully saturated rings. The van der Waals surface area contributed by atoms with E-state index in [9.17, 15) is 0 Å². The Morgan fingerprint density at radius 3 is 3.00 bits per heavy atom. The van der Waals surface area contributed by atoms with E-state index in [2.05, 4.69) is 15.1 Å². The molecule has 2 heterocycles. The summed E-state index contributed by atoms with van der Waals surface area (Å²) in [7, 11) is 0. The molecule has 92 valence electrons. The minimum absolute atomic E-state index is 0.343. The van der Waals surface area contributed by atoms with Crippen LogP contribution in [0.2, 0.25) is 0 Å².